The molecule has 12 heavy (non-hydrogen) atoms. The van der Waals surface area contributed by atoms with E-state index in [2.05, 4.69) is 0 Å². The van der Waals surface area contributed by atoms with Crippen molar-refractivity contribution in [1.82, 2.24) is 4.90 Å². The van der Waals surface area contributed by atoms with Gasteiger partial charge in [-0.3, -0.25) is 0 Å². The van der Waals surface area contributed by atoms with Gasteiger partial charge in [0.15, 0.2) is 0 Å². The minimum Gasteiger partial charge on any atom is -0.443 e. The van der Waals surface area contributed by atoms with E-state index in [1.165, 1.54) is 6.42 Å². The molecule has 2 fully saturated rings. The Morgan fingerprint density at radius 2 is 2.33 bits per heavy atom. The molecular formula is C8H14N2O2. The summed E-state index contributed by atoms with van der Waals surface area (Å²) in [5.74, 6) is 0. The fourth-order valence-corrected chi connectivity index (χ4v) is 1.66. The van der Waals surface area contributed by atoms with Gasteiger partial charge in [-0.2, -0.15) is 0 Å². The maximum absolute atomic E-state index is 11.2. The SMILES string of the molecule is NC[C@H]1CN(C2CCC2)C(=O)O1. The summed E-state index contributed by atoms with van der Waals surface area (Å²) in [6.45, 7) is 1.13. The van der Waals surface area contributed by atoms with Gasteiger partial charge in [0.2, 0.25) is 0 Å². The highest BCUT2D eigenvalue weighted by Crippen LogP contribution is 2.28. The molecule has 4 nitrogen and oxygen atoms in total. The molecule has 0 radical (unpaired) electrons. The van der Waals surface area contributed by atoms with E-state index < -0.39 is 0 Å². The Kier molecular flexibility index (Phi) is 1.92. The average Bonchev–Trinajstić information content (AvgIpc) is 2.29. The summed E-state index contributed by atoms with van der Waals surface area (Å²) in [5.41, 5.74) is 5.41. The summed E-state index contributed by atoms with van der Waals surface area (Å²) < 4.78 is 5.04. The van der Waals surface area contributed by atoms with Crippen molar-refractivity contribution in [3.63, 3.8) is 0 Å². The first-order valence-corrected chi connectivity index (χ1v) is 4.48. The molecular weight excluding hydrogens is 156 g/mol. The first kappa shape index (κ1) is 7.86. The van der Waals surface area contributed by atoms with Gasteiger partial charge in [0.1, 0.15) is 6.10 Å². The lowest BCUT2D eigenvalue weighted by molar-refractivity contribution is 0.119. The third kappa shape index (κ3) is 1.16. The highest BCUT2D eigenvalue weighted by Gasteiger charge is 2.37. The Bertz CT molecular complexity index is 191. The molecule has 0 aromatic heterocycles. The number of carbonyl (C=O) groups is 1. The van der Waals surface area contributed by atoms with Crippen LogP contribution in [0.25, 0.3) is 0 Å². The normalized spacial score (nSPS) is 30.2. The van der Waals surface area contributed by atoms with Crippen LogP contribution < -0.4 is 5.73 Å². The Morgan fingerprint density at radius 3 is 2.75 bits per heavy atom. The zero-order valence-corrected chi connectivity index (χ0v) is 7.03. The average molecular weight is 170 g/mol. The van der Waals surface area contributed by atoms with Crippen LogP contribution in [0.15, 0.2) is 0 Å². The van der Waals surface area contributed by atoms with Gasteiger partial charge in [-0.25, -0.2) is 4.79 Å². The summed E-state index contributed by atoms with van der Waals surface area (Å²) in [7, 11) is 0. The molecule has 1 atom stereocenters. The number of hydrogen-bond acceptors (Lipinski definition) is 3. The molecule has 4 heteroatoms. The lowest BCUT2D eigenvalue weighted by Crippen LogP contribution is -2.41. The molecule has 1 aliphatic carbocycles. The number of ether oxygens (including phenoxy) is 1. The minimum absolute atomic E-state index is 0.0712. The van der Waals surface area contributed by atoms with Crippen LogP contribution in [-0.4, -0.2) is 36.2 Å². The predicted octanol–water partition coefficient (Wildman–Crippen LogP) is 0.318. The van der Waals surface area contributed by atoms with Crippen LogP contribution in [0.5, 0.6) is 0 Å². The van der Waals surface area contributed by atoms with Gasteiger partial charge in [-0.05, 0) is 19.3 Å². The second kappa shape index (κ2) is 2.94. The van der Waals surface area contributed by atoms with Crippen molar-refractivity contribution in [1.29, 1.82) is 0 Å². The second-order valence-electron chi connectivity index (χ2n) is 3.48. The van der Waals surface area contributed by atoms with Gasteiger partial charge in [0.25, 0.3) is 0 Å². The molecule has 1 saturated carbocycles. The van der Waals surface area contributed by atoms with Crippen LogP contribution in [0.2, 0.25) is 0 Å². The Morgan fingerprint density at radius 1 is 1.58 bits per heavy atom. The smallest absolute Gasteiger partial charge is 0.410 e. The third-order valence-corrected chi connectivity index (χ3v) is 2.68. The highest BCUT2D eigenvalue weighted by molar-refractivity contribution is 5.70. The van der Waals surface area contributed by atoms with Crippen LogP contribution in [0.1, 0.15) is 19.3 Å². The van der Waals surface area contributed by atoms with E-state index in [4.69, 9.17) is 10.5 Å². The number of cyclic esters (lactones) is 1. The Hall–Kier alpha value is -0.770. The highest BCUT2D eigenvalue weighted by atomic mass is 16.6. The van der Waals surface area contributed by atoms with E-state index >= 15 is 0 Å². The standard InChI is InChI=1S/C8H14N2O2/c9-4-7-5-10(8(11)12-7)6-2-1-3-6/h6-7H,1-5,9H2/t7-/m0/s1. The number of hydrogen-bond donors (Lipinski definition) is 1. The quantitative estimate of drug-likeness (QED) is 0.649. The summed E-state index contributed by atoms with van der Waals surface area (Å²) in [4.78, 5) is 13.0. The van der Waals surface area contributed by atoms with Crippen LogP contribution in [0, 0.1) is 0 Å². The second-order valence-corrected chi connectivity index (χ2v) is 3.48. The molecule has 1 aliphatic heterocycles. The molecule has 1 amide bonds. The van der Waals surface area contributed by atoms with Gasteiger partial charge >= 0.3 is 6.09 Å². The number of amides is 1. The maximum Gasteiger partial charge on any atom is 0.410 e. The molecule has 0 unspecified atom stereocenters. The van der Waals surface area contributed by atoms with Crippen molar-refractivity contribution < 1.29 is 9.53 Å². The van der Waals surface area contributed by atoms with E-state index in [9.17, 15) is 4.79 Å². The van der Waals surface area contributed by atoms with Crippen molar-refractivity contribution in [3.05, 3.63) is 0 Å². The molecule has 0 spiro atoms. The molecule has 2 aliphatic rings. The van der Waals surface area contributed by atoms with Gasteiger partial charge in [0, 0.05) is 12.6 Å². The van der Waals surface area contributed by atoms with Crippen molar-refractivity contribution in [2.45, 2.75) is 31.4 Å². The van der Waals surface area contributed by atoms with Crippen molar-refractivity contribution in [3.8, 4) is 0 Å². The van der Waals surface area contributed by atoms with Crippen molar-refractivity contribution in [2.75, 3.05) is 13.1 Å². The fourth-order valence-electron chi connectivity index (χ4n) is 1.66. The summed E-state index contributed by atoms with van der Waals surface area (Å²) in [6, 6.07) is 0.439. The monoisotopic (exact) mass is 170 g/mol. The van der Waals surface area contributed by atoms with Gasteiger partial charge in [-0.15, -0.1) is 0 Å². The van der Waals surface area contributed by atoms with Crippen LogP contribution >= 0.6 is 0 Å². The number of carbonyl (C=O) groups excluding carboxylic acids is 1. The first-order chi connectivity index (χ1) is 5.81. The molecule has 2 rings (SSSR count). The van der Waals surface area contributed by atoms with E-state index in [0.717, 1.165) is 12.8 Å². The molecule has 0 bridgehead atoms. The zero-order chi connectivity index (χ0) is 8.55. The number of nitrogens with two attached hydrogens (primary N) is 1. The minimum atomic E-state index is -0.171. The van der Waals surface area contributed by atoms with Crippen LogP contribution in [0.3, 0.4) is 0 Å². The van der Waals surface area contributed by atoms with Crippen LogP contribution in [-0.2, 0) is 4.74 Å². The Labute approximate surface area is 71.7 Å². The predicted molar refractivity (Wildman–Crippen MR) is 43.7 cm³/mol. The molecule has 0 aromatic carbocycles. The fraction of sp³-hybridized carbons (Fsp3) is 0.875. The largest absolute Gasteiger partial charge is 0.443 e. The van der Waals surface area contributed by atoms with Crippen molar-refractivity contribution >= 4 is 6.09 Å². The van der Waals surface area contributed by atoms with E-state index in [1.54, 1.807) is 0 Å². The van der Waals surface area contributed by atoms with Crippen LogP contribution in [0.4, 0.5) is 4.79 Å². The molecule has 0 aromatic rings. The van der Waals surface area contributed by atoms with E-state index in [-0.39, 0.29) is 12.2 Å². The van der Waals surface area contributed by atoms with Gasteiger partial charge < -0.3 is 15.4 Å². The number of rotatable bonds is 2. The molecule has 1 heterocycles. The van der Waals surface area contributed by atoms with Gasteiger partial charge in [0.05, 0.1) is 6.54 Å². The molecule has 2 N–H and O–H groups in total. The lowest BCUT2D eigenvalue weighted by atomic mass is 9.92. The lowest BCUT2D eigenvalue weighted by Gasteiger charge is -2.32. The van der Waals surface area contributed by atoms with Crippen molar-refractivity contribution in [2.24, 2.45) is 5.73 Å². The summed E-state index contributed by atoms with van der Waals surface area (Å²) >= 11 is 0. The number of nitrogens with zero attached hydrogens (tertiary/aromatic N) is 1. The van der Waals surface area contributed by atoms with E-state index in [1.807, 2.05) is 4.90 Å². The molecule has 68 valence electrons. The summed E-state index contributed by atoms with van der Waals surface area (Å²) in [6.07, 6.45) is 3.26. The summed E-state index contributed by atoms with van der Waals surface area (Å²) in [5, 5.41) is 0. The molecule has 1 saturated heterocycles. The zero-order valence-electron chi connectivity index (χ0n) is 7.03. The third-order valence-electron chi connectivity index (χ3n) is 2.68. The maximum atomic E-state index is 11.2. The topological polar surface area (TPSA) is 55.6 Å². The van der Waals surface area contributed by atoms with Gasteiger partial charge in [-0.1, -0.05) is 0 Å². The Balaban J connectivity index is 1.93. The first-order valence-electron chi connectivity index (χ1n) is 4.48. The van der Waals surface area contributed by atoms with E-state index in [0.29, 0.717) is 19.1 Å².